The molecular weight excluding hydrogens is 232 g/mol. The van der Waals surface area contributed by atoms with Crippen molar-refractivity contribution in [3.63, 3.8) is 0 Å². The molecular formula is C17H26N2. The maximum Gasteiger partial charge on any atom is 0.0412 e. The van der Waals surface area contributed by atoms with E-state index in [1.165, 1.54) is 42.6 Å². The normalized spacial score (nSPS) is 27.6. The lowest BCUT2D eigenvalue weighted by atomic mass is 10.0. The van der Waals surface area contributed by atoms with E-state index in [0.717, 1.165) is 12.5 Å². The molecule has 1 aliphatic carbocycles. The van der Waals surface area contributed by atoms with E-state index in [-0.39, 0.29) is 0 Å². The molecule has 3 rings (SSSR count). The van der Waals surface area contributed by atoms with Gasteiger partial charge in [0.25, 0.3) is 0 Å². The van der Waals surface area contributed by atoms with Crippen molar-refractivity contribution in [1.29, 1.82) is 0 Å². The standard InChI is InChI=1S/C17H26N2/c1-4-15-10-18-17(14-5-6-14)11-19(15)16-8-12(2)7-13(3)9-16/h7-9,14-15,17-18H,4-6,10-11H2,1-3H3. The average Bonchev–Trinajstić information content (AvgIpc) is 3.21. The zero-order valence-corrected chi connectivity index (χ0v) is 12.4. The summed E-state index contributed by atoms with van der Waals surface area (Å²) >= 11 is 0. The second-order valence-electron chi connectivity index (χ2n) is 6.41. The Balaban J connectivity index is 1.84. The predicted octanol–water partition coefficient (Wildman–Crippen LogP) is 3.27. The third-order valence-corrected chi connectivity index (χ3v) is 4.65. The van der Waals surface area contributed by atoms with Gasteiger partial charge in [-0.1, -0.05) is 13.0 Å². The van der Waals surface area contributed by atoms with Crippen molar-refractivity contribution in [3.05, 3.63) is 29.3 Å². The molecule has 2 unspecified atom stereocenters. The molecule has 1 heterocycles. The maximum atomic E-state index is 3.77. The first-order valence-corrected chi connectivity index (χ1v) is 7.75. The molecule has 0 spiro atoms. The Morgan fingerprint density at radius 1 is 1.16 bits per heavy atom. The Morgan fingerprint density at radius 3 is 2.42 bits per heavy atom. The van der Waals surface area contributed by atoms with E-state index < -0.39 is 0 Å². The Kier molecular flexibility index (Phi) is 3.53. The van der Waals surface area contributed by atoms with Crippen molar-refractivity contribution in [2.75, 3.05) is 18.0 Å². The van der Waals surface area contributed by atoms with Crippen LogP contribution in [0.15, 0.2) is 18.2 Å². The smallest absolute Gasteiger partial charge is 0.0412 e. The zero-order chi connectivity index (χ0) is 13.4. The summed E-state index contributed by atoms with van der Waals surface area (Å²) in [5, 5.41) is 3.77. The van der Waals surface area contributed by atoms with Crippen molar-refractivity contribution >= 4 is 5.69 Å². The average molecular weight is 258 g/mol. The first-order chi connectivity index (χ1) is 9.17. The first kappa shape index (κ1) is 13.0. The van der Waals surface area contributed by atoms with Gasteiger partial charge >= 0.3 is 0 Å². The minimum Gasteiger partial charge on any atom is -0.366 e. The quantitative estimate of drug-likeness (QED) is 0.895. The topological polar surface area (TPSA) is 15.3 Å². The Hall–Kier alpha value is -1.02. The number of hydrogen-bond donors (Lipinski definition) is 1. The molecule has 1 saturated heterocycles. The van der Waals surface area contributed by atoms with Crippen molar-refractivity contribution < 1.29 is 0 Å². The fraction of sp³-hybridized carbons (Fsp3) is 0.647. The SMILES string of the molecule is CCC1CNC(C2CC2)CN1c1cc(C)cc(C)c1. The van der Waals surface area contributed by atoms with Crippen molar-refractivity contribution in [1.82, 2.24) is 5.32 Å². The Bertz CT molecular complexity index is 430. The van der Waals surface area contributed by atoms with Gasteiger partial charge < -0.3 is 10.2 Å². The molecule has 19 heavy (non-hydrogen) atoms. The fourth-order valence-electron chi connectivity index (χ4n) is 3.43. The molecule has 0 radical (unpaired) electrons. The number of benzene rings is 1. The zero-order valence-electron chi connectivity index (χ0n) is 12.4. The van der Waals surface area contributed by atoms with Crippen LogP contribution in [0.4, 0.5) is 5.69 Å². The Labute approximate surface area is 117 Å². The lowest BCUT2D eigenvalue weighted by molar-refractivity contribution is 0.360. The minimum absolute atomic E-state index is 0.649. The number of aryl methyl sites for hydroxylation is 2. The van der Waals surface area contributed by atoms with Crippen LogP contribution < -0.4 is 10.2 Å². The lowest BCUT2D eigenvalue weighted by Gasteiger charge is -2.42. The van der Waals surface area contributed by atoms with Gasteiger partial charge in [0.2, 0.25) is 0 Å². The van der Waals surface area contributed by atoms with Crippen LogP contribution in [0.3, 0.4) is 0 Å². The molecule has 104 valence electrons. The number of anilines is 1. The molecule has 0 amide bonds. The summed E-state index contributed by atoms with van der Waals surface area (Å²) in [6.45, 7) is 9.05. The van der Waals surface area contributed by atoms with Crippen LogP contribution in [0.1, 0.15) is 37.3 Å². The summed E-state index contributed by atoms with van der Waals surface area (Å²) < 4.78 is 0. The largest absolute Gasteiger partial charge is 0.366 e. The number of hydrogen-bond acceptors (Lipinski definition) is 2. The third-order valence-electron chi connectivity index (χ3n) is 4.65. The molecule has 0 bridgehead atoms. The molecule has 1 aliphatic heterocycles. The van der Waals surface area contributed by atoms with Gasteiger partial charge in [0.05, 0.1) is 0 Å². The highest BCUT2D eigenvalue weighted by Gasteiger charge is 2.36. The van der Waals surface area contributed by atoms with Gasteiger partial charge in [0, 0.05) is 30.9 Å². The molecule has 1 saturated carbocycles. The molecule has 1 aromatic carbocycles. The monoisotopic (exact) mass is 258 g/mol. The van der Waals surface area contributed by atoms with Gasteiger partial charge in [-0.2, -0.15) is 0 Å². The first-order valence-electron chi connectivity index (χ1n) is 7.75. The molecule has 1 N–H and O–H groups in total. The summed E-state index contributed by atoms with van der Waals surface area (Å²) in [5.74, 6) is 0.936. The van der Waals surface area contributed by atoms with Gasteiger partial charge in [-0.3, -0.25) is 0 Å². The Morgan fingerprint density at radius 2 is 1.84 bits per heavy atom. The lowest BCUT2D eigenvalue weighted by Crippen LogP contribution is -2.57. The van der Waals surface area contributed by atoms with Crippen molar-refractivity contribution in [2.24, 2.45) is 5.92 Å². The highest BCUT2D eigenvalue weighted by molar-refractivity contribution is 5.52. The van der Waals surface area contributed by atoms with E-state index in [9.17, 15) is 0 Å². The molecule has 2 heteroatoms. The van der Waals surface area contributed by atoms with Crippen LogP contribution in [0.25, 0.3) is 0 Å². The van der Waals surface area contributed by atoms with E-state index >= 15 is 0 Å². The molecule has 1 aromatic rings. The van der Waals surface area contributed by atoms with Crippen LogP contribution >= 0.6 is 0 Å². The number of rotatable bonds is 3. The molecule has 2 nitrogen and oxygen atoms in total. The van der Waals surface area contributed by atoms with E-state index in [4.69, 9.17) is 0 Å². The van der Waals surface area contributed by atoms with Crippen LogP contribution in [0, 0.1) is 19.8 Å². The number of nitrogens with one attached hydrogen (secondary N) is 1. The van der Waals surface area contributed by atoms with Gasteiger partial charge in [-0.05, 0) is 62.3 Å². The maximum absolute atomic E-state index is 3.77. The second kappa shape index (κ2) is 5.16. The van der Waals surface area contributed by atoms with Crippen molar-refractivity contribution in [2.45, 2.75) is 52.1 Å². The summed E-state index contributed by atoms with van der Waals surface area (Å²) in [5.41, 5.74) is 4.19. The van der Waals surface area contributed by atoms with E-state index in [2.05, 4.69) is 49.2 Å². The summed E-state index contributed by atoms with van der Waals surface area (Å²) in [6, 6.07) is 8.33. The summed E-state index contributed by atoms with van der Waals surface area (Å²) in [7, 11) is 0. The van der Waals surface area contributed by atoms with Crippen LogP contribution in [-0.2, 0) is 0 Å². The second-order valence-corrected chi connectivity index (χ2v) is 6.41. The van der Waals surface area contributed by atoms with E-state index in [0.29, 0.717) is 12.1 Å². The molecule has 2 aliphatic rings. The third kappa shape index (κ3) is 2.79. The van der Waals surface area contributed by atoms with Gasteiger partial charge in [-0.15, -0.1) is 0 Å². The van der Waals surface area contributed by atoms with Gasteiger partial charge in [0.1, 0.15) is 0 Å². The summed E-state index contributed by atoms with van der Waals surface area (Å²) in [4.78, 5) is 2.65. The molecule has 2 fully saturated rings. The minimum atomic E-state index is 0.649. The highest BCUT2D eigenvalue weighted by Crippen LogP contribution is 2.35. The van der Waals surface area contributed by atoms with E-state index in [1.54, 1.807) is 0 Å². The number of nitrogens with zero attached hydrogens (tertiary/aromatic N) is 1. The fourth-order valence-corrected chi connectivity index (χ4v) is 3.43. The highest BCUT2D eigenvalue weighted by atomic mass is 15.2. The van der Waals surface area contributed by atoms with Crippen molar-refractivity contribution in [3.8, 4) is 0 Å². The number of piperazine rings is 1. The van der Waals surface area contributed by atoms with Crippen LogP contribution in [-0.4, -0.2) is 25.2 Å². The van der Waals surface area contributed by atoms with Crippen LogP contribution in [0.5, 0.6) is 0 Å². The van der Waals surface area contributed by atoms with Gasteiger partial charge in [-0.25, -0.2) is 0 Å². The molecule has 2 atom stereocenters. The molecule has 0 aromatic heterocycles. The van der Waals surface area contributed by atoms with Crippen LogP contribution in [0.2, 0.25) is 0 Å². The van der Waals surface area contributed by atoms with E-state index in [1.807, 2.05) is 0 Å². The van der Waals surface area contributed by atoms with Gasteiger partial charge in [0.15, 0.2) is 0 Å². The predicted molar refractivity (Wildman–Crippen MR) is 81.9 cm³/mol. The summed E-state index contributed by atoms with van der Waals surface area (Å²) in [6.07, 6.45) is 4.07.